The van der Waals surface area contributed by atoms with Gasteiger partial charge in [0.05, 0.1) is 0 Å². The molecule has 1 nitrogen and oxygen atoms in total. The van der Waals surface area contributed by atoms with Crippen molar-refractivity contribution in [1.29, 1.82) is 0 Å². The fraction of sp³-hybridized carbons (Fsp3) is 0.800. The van der Waals surface area contributed by atoms with Crippen LogP contribution in [0.4, 0.5) is 0 Å². The van der Waals surface area contributed by atoms with E-state index in [-0.39, 0.29) is 0 Å². The van der Waals surface area contributed by atoms with Crippen LogP contribution in [0, 0.1) is 0 Å². The van der Waals surface area contributed by atoms with Gasteiger partial charge in [-0.3, -0.25) is 0 Å². The van der Waals surface area contributed by atoms with Gasteiger partial charge in [0.2, 0.25) is 0 Å². The predicted molar refractivity (Wildman–Crippen MR) is 49.4 cm³/mol. The van der Waals surface area contributed by atoms with Gasteiger partial charge in [0, 0.05) is 6.04 Å². The standard InChI is InChI=1S/C10H19N/c1-2-3-5-9-6-4-7-10(11)8-9/h8,10H,2-7,11H2,1H3. The zero-order valence-corrected chi connectivity index (χ0v) is 7.47. The lowest BCUT2D eigenvalue weighted by Crippen LogP contribution is -2.20. The van der Waals surface area contributed by atoms with Gasteiger partial charge < -0.3 is 5.73 Å². The Bertz CT molecular complexity index is 138. The Hall–Kier alpha value is -0.300. The first-order valence-corrected chi connectivity index (χ1v) is 4.78. The summed E-state index contributed by atoms with van der Waals surface area (Å²) in [6.07, 6.45) is 9.98. The third-order valence-corrected chi connectivity index (χ3v) is 2.34. The highest BCUT2D eigenvalue weighted by Crippen LogP contribution is 2.21. The Labute approximate surface area is 69.7 Å². The zero-order valence-electron chi connectivity index (χ0n) is 7.47. The molecule has 1 heteroatoms. The third-order valence-electron chi connectivity index (χ3n) is 2.34. The van der Waals surface area contributed by atoms with Crippen molar-refractivity contribution in [1.82, 2.24) is 0 Å². The van der Waals surface area contributed by atoms with Crippen LogP contribution in [0.1, 0.15) is 45.4 Å². The van der Waals surface area contributed by atoms with E-state index in [1.165, 1.54) is 38.5 Å². The molecule has 2 N–H and O–H groups in total. The second-order valence-electron chi connectivity index (χ2n) is 3.48. The van der Waals surface area contributed by atoms with Crippen LogP contribution in [0.5, 0.6) is 0 Å². The Kier molecular flexibility index (Phi) is 3.64. The minimum Gasteiger partial charge on any atom is -0.324 e. The smallest absolute Gasteiger partial charge is 0.0226 e. The molecular weight excluding hydrogens is 134 g/mol. The predicted octanol–water partition coefficient (Wildman–Crippen LogP) is 2.61. The number of hydrogen-bond acceptors (Lipinski definition) is 1. The molecule has 1 aliphatic carbocycles. The highest BCUT2D eigenvalue weighted by molar-refractivity contribution is 5.09. The molecule has 0 aliphatic heterocycles. The number of rotatable bonds is 3. The lowest BCUT2D eigenvalue weighted by atomic mass is 9.93. The van der Waals surface area contributed by atoms with E-state index >= 15 is 0 Å². The van der Waals surface area contributed by atoms with E-state index < -0.39 is 0 Å². The van der Waals surface area contributed by atoms with Gasteiger partial charge in [0.25, 0.3) is 0 Å². The molecule has 1 rings (SSSR count). The minimum atomic E-state index is 0.357. The maximum atomic E-state index is 5.82. The molecule has 0 radical (unpaired) electrons. The number of unbranched alkanes of at least 4 members (excludes halogenated alkanes) is 1. The van der Waals surface area contributed by atoms with E-state index in [0.717, 1.165) is 0 Å². The molecule has 1 atom stereocenters. The van der Waals surface area contributed by atoms with E-state index in [1.54, 1.807) is 5.57 Å². The van der Waals surface area contributed by atoms with Crippen LogP contribution in [0.15, 0.2) is 11.6 Å². The summed E-state index contributed by atoms with van der Waals surface area (Å²) in [5, 5.41) is 0. The number of nitrogens with two attached hydrogens (primary N) is 1. The summed E-state index contributed by atoms with van der Waals surface area (Å²) in [5.41, 5.74) is 7.42. The first-order chi connectivity index (χ1) is 5.33. The third kappa shape index (κ3) is 3.06. The van der Waals surface area contributed by atoms with Crippen LogP contribution in [0.3, 0.4) is 0 Å². The Morgan fingerprint density at radius 1 is 1.64 bits per heavy atom. The fourth-order valence-electron chi connectivity index (χ4n) is 1.65. The van der Waals surface area contributed by atoms with Gasteiger partial charge in [0.1, 0.15) is 0 Å². The Morgan fingerprint density at radius 2 is 2.45 bits per heavy atom. The first kappa shape index (κ1) is 8.79. The Balaban J connectivity index is 2.31. The number of hydrogen-bond donors (Lipinski definition) is 1. The Morgan fingerprint density at radius 3 is 3.09 bits per heavy atom. The highest BCUT2D eigenvalue weighted by Gasteiger charge is 2.08. The van der Waals surface area contributed by atoms with Crippen LogP contribution in [-0.2, 0) is 0 Å². The average molecular weight is 153 g/mol. The number of allylic oxidation sites excluding steroid dienone is 1. The zero-order chi connectivity index (χ0) is 8.10. The van der Waals surface area contributed by atoms with Crippen molar-refractivity contribution in [2.24, 2.45) is 5.73 Å². The summed E-state index contributed by atoms with van der Waals surface area (Å²) in [6.45, 7) is 2.24. The van der Waals surface area contributed by atoms with Gasteiger partial charge in [-0.05, 0) is 32.1 Å². The topological polar surface area (TPSA) is 26.0 Å². The van der Waals surface area contributed by atoms with E-state index in [2.05, 4.69) is 13.0 Å². The highest BCUT2D eigenvalue weighted by atomic mass is 14.6. The van der Waals surface area contributed by atoms with Crippen LogP contribution >= 0.6 is 0 Å². The second-order valence-corrected chi connectivity index (χ2v) is 3.48. The molecule has 0 aromatic heterocycles. The largest absolute Gasteiger partial charge is 0.324 e. The van der Waals surface area contributed by atoms with Gasteiger partial charge >= 0.3 is 0 Å². The van der Waals surface area contributed by atoms with Gasteiger partial charge in [-0.15, -0.1) is 0 Å². The minimum absolute atomic E-state index is 0.357. The van der Waals surface area contributed by atoms with Crippen molar-refractivity contribution in [3.05, 3.63) is 11.6 Å². The summed E-state index contributed by atoms with van der Waals surface area (Å²) in [4.78, 5) is 0. The van der Waals surface area contributed by atoms with E-state index in [9.17, 15) is 0 Å². The van der Waals surface area contributed by atoms with Gasteiger partial charge in [0.15, 0.2) is 0 Å². The quantitative estimate of drug-likeness (QED) is 0.620. The van der Waals surface area contributed by atoms with E-state index in [1.807, 2.05) is 0 Å². The molecule has 0 spiro atoms. The van der Waals surface area contributed by atoms with Crippen LogP contribution in [0.2, 0.25) is 0 Å². The van der Waals surface area contributed by atoms with Crippen molar-refractivity contribution in [3.63, 3.8) is 0 Å². The lowest BCUT2D eigenvalue weighted by Gasteiger charge is -2.17. The van der Waals surface area contributed by atoms with Crippen molar-refractivity contribution in [2.45, 2.75) is 51.5 Å². The molecule has 11 heavy (non-hydrogen) atoms. The van der Waals surface area contributed by atoms with Crippen LogP contribution in [0.25, 0.3) is 0 Å². The summed E-state index contributed by atoms with van der Waals surface area (Å²) >= 11 is 0. The normalized spacial score (nSPS) is 24.9. The maximum absolute atomic E-state index is 5.82. The van der Waals surface area contributed by atoms with Gasteiger partial charge in [-0.25, -0.2) is 0 Å². The van der Waals surface area contributed by atoms with E-state index in [4.69, 9.17) is 5.73 Å². The van der Waals surface area contributed by atoms with Crippen molar-refractivity contribution in [2.75, 3.05) is 0 Å². The molecule has 0 saturated heterocycles. The molecule has 0 aromatic rings. The van der Waals surface area contributed by atoms with Gasteiger partial charge in [-0.1, -0.05) is 25.0 Å². The maximum Gasteiger partial charge on any atom is 0.0226 e. The molecule has 0 fully saturated rings. The molecule has 1 aliphatic rings. The van der Waals surface area contributed by atoms with Crippen LogP contribution in [-0.4, -0.2) is 6.04 Å². The molecule has 0 amide bonds. The van der Waals surface area contributed by atoms with Crippen LogP contribution < -0.4 is 5.73 Å². The van der Waals surface area contributed by atoms with Crippen molar-refractivity contribution < 1.29 is 0 Å². The summed E-state index contributed by atoms with van der Waals surface area (Å²) in [6, 6.07) is 0.357. The molecule has 0 saturated carbocycles. The summed E-state index contributed by atoms with van der Waals surface area (Å²) in [7, 11) is 0. The first-order valence-electron chi connectivity index (χ1n) is 4.78. The molecule has 0 heterocycles. The fourth-order valence-corrected chi connectivity index (χ4v) is 1.65. The van der Waals surface area contributed by atoms with Crippen molar-refractivity contribution >= 4 is 0 Å². The molecule has 0 aromatic carbocycles. The molecule has 1 unspecified atom stereocenters. The summed E-state index contributed by atoms with van der Waals surface area (Å²) in [5.74, 6) is 0. The average Bonchev–Trinajstić information content (AvgIpc) is 2.01. The van der Waals surface area contributed by atoms with E-state index in [0.29, 0.717) is 6.04 Å². The monoisotopic (exact) mass is 153 g/mol. The molecular formula is C10H19N. The molecule has 64 valence electrons. The lowest BCUT2D eigenvalue weighted by molar-refractivity contribution is 0.600. The second kappa shape index (κ2) is 4.55. The van der Waals surface area contributed by atoms with Crippen molar-refractivity contribution in [3.8, 4) is 0 Å². The molecule has 0 bridgehead atoms. The van der Waals surface area contributed by atoms with Gasteiger partial charge in [-0.2, -0.15) is 0 Å². The SMILES string of the molecule is CCCCC1=CC(N)CCC1. The summed E-state index contributed by atoms with van der Waals surface area (Å²) < 4.78 is 0.